The second kappa shape index (κ2) is 6.55. The summed E-state index contributed by atoms with van der Waals surface area (Å²) in [6.07, 6.45) is 1.71. The number of carbonyl (C=O) groups is 1. The number of hydrogen-bond acceptors (Lipinski definition) is 5. The van der Waals surface area contributed by atoms with E-state index >= 15 is 0 Å². The van der Waals surface area contributed by atoms with Crippen molar-refractivity contribution in [3.05, 3.63) is 12.7 Å². The fourth-order valence-electron chi connectivity index (χ4n) is 2.60. The van der Waals surface area contributed by atoms with Crippen LogP contribution in [-0.2, 0) is 14.9 Å². The molecule has 2 fully saturated rings. The lowest BCUT2D eigenvalue weighted by Crippen LogP contribution is -2.44. The summed E-state index contributed by atoms with van der Waals surface area (Å²) in [4.78, 5) is 13.6. The number of thiol groups is 1. The summed E-state index contributed by atoms with van der Waals surface area (Å²) in [7, 11) is -1.83. The van der Waals surface area contributed by atoms with E-state index < -0.39 is 16.3 Å². The quantitative estimate of drug-likeness (QED) is 0.587. The largest absolute Gasteiger partial charge is 0.445 e. The molecule has 0 spiro atoms. The van der Waals surface area contributed by atoms with Crippen molar-refractivity contribution in [2.75, 3.05) is 39.8 Å². The highest BCUT2D eigenvalue weighted by molar-refractivity contribution is 7.87. The molecule has 0 aromatic heterocycles. The van der Waals surface area contributed by atoms with Gasteiger partial charge in [-0.2, -0.15) is 29.7 Å². The molecule has 0 aromatic carbocycles. The zero-order valence-electron chi connectivity index (χ0n) is 12.0. The van der Waals surface area contributed by atoms with Crippen LogP contribution in [0, 0.1) is 0 Å². The molecule has 2 heterocycles. The molecule has 2 aliphatic heterocycles. The summed E-state index contributed by atoms with van der Waals surface area (Å²) in [5.41, 5.74) is 0. The molecule has 0 unspecified atom stereocenters. The van der Waals surface area contributed by atoms with Gasteiger partial charge in [-0.3, -0.25) is 0 Å². The maximum atomic E-state index is 12.1. The van der Waals surface area contributed by atoms with Gasteiger partial charge in [0.15, 0.2) is 0 Å². The average Bonchev–Trinajstić information content (AvgIpc) is 2.91. The monoisotopic (exact) mass is 335 g/mol. The van der Waals surface area contributed by atoms with Gasteiger partial charge in [-0.15, -0.1) is 0 Å². The van der Waals surface area contributed by atoms with Gasteiger partial charge in [0.25, 0.3) is 10.2 Å². The highest BCUT2D eigenvalue weighted by Gasteiger charge is 2.41. The lowest BCUT2D eigenvalue weighted by atomic mass is 10.2. The van der Waals surface area contributed by atoms with Crippen molar-refractivity contribution in [2.24, 2.45) is 0 Å². The Morgan fingerprint density at radius 2 is 2.19 bits per heavy atom. The van der Waals surface area contributed by atoms with Crippen LogP contribution < -0.4 is 0 Å². The molecule has 2 rings (SSSR count). The van der Waals surface area contributed by atoms with Crippen molar-refractivity contribution in [3.8, 4) is 0 Å². The Morgan fingerprint density at radius 1 is 1.48 bits per heavy atom. The molecule has 21 heavy (non-hydrogen) atoms. The van der Waals surface area contributed by atoms with Gasteiger partial charge in [0.2, 0.25) is 0 Å². The van der Waals surface area contributed by atoms with Crippen LogP contribution >= 0.6 is 12.6 Å². The Morgan fingerprint density at radius 3 is 2.76 bits per heavy atom. The summed E-state index contributed by atoms with van der Waals surface area (Å²) in [5.74, 6) is 0. The van der Waals surface area contributed by atoms with E-state index in [1.54, 1.807) is 11.9 Å². The average molecular weight is 335 g/mol. The van der Waals surface area contributed by atoms with Gasteiger partial charge >= 0.3 is 6.09 Å². The number of nitrogens with zero attached hydrogens (tertiary/aromatic N) is 3. The van der Waals surface area contributed by atoms with E-state index in [9.17, 15) is 13.2 Å². The Hall–Kier alpha value is -0.770. The molecule has 0 saturated carbocycles. The highest BCUT2D eigenvalue weighted by Crippen LogP contribution is 2.25. The third-order valence-corrected chi connectivity index (χ3v) is 6.08. The first kappa shape index (κ1) is 16.6. The molecule has 9 heteroatoms. The second-order valence-corrected chi connectivity index (χ2v) is 8.01. The fraction of sp³-hybridized carbons (Fsp3) is 0.750. The van der Waals surface area contributed by atoms with Crippen LogP contribution in [0.1, 0.15) is 6.42 Å². The van der Waals surface area contributed by atoms with E-state index in [2.05, 4.69) is 19.2 Å². The van der Waals surface area contributed by atoms with Crippen LogP contribution in [0.5, 0.6) is 0 Å². The van der Waals surface area contributed by atoms with E-state index in [1.165, 1.54) is 14.7 Å². The molecular formula is C12H21N3O4S2. The van der Waals surface area contributed by atoms with Gasteiger partial charge in [0, 0.05) is 38.5 Å². The van der Waals surface area contributed by atoms with Crippen molar-refractivity contribution in [1.82, 2.24) is 13.5 Å². The second-order valence-electron chi connectivity index (χ2n) is 5.25. The number of carbonyl (C=O) groups excluding carboxylic acids is 1. The van der Waals surface area contributed by atoms with Crippen molar-refractivity contribution in [1.29, 1.82) is 0 Å². The van der Waals surface area contributed by atoms with E-state index in [4.69, 9.17) is 4.74 Å². The van der Waals surface area contributed by atoms with Gasteiger partial charge in [-0.05, 0) is 6.42 Å². The molecule has 1 amide bonds. The molecule has 0 aromatic rings. The Kier molecular flexibility index (Phi) is 5.18. The summed E-state index contributed by atoms with van der Waals surface area (Å²) >= 11 is 4.41. The number of likely N-dealkylation sites (N-methyl/N-ethyl adjacent to an activating group) is 1. The molecule has 7 nitrogen and oxygen atoms in total. The third-order valence-electron chi connectivity index (χ3n) is 3.75. The van der Waals surface area contributed by atoms with Crippen LogP contribution in [0.3, 0.4) is 0 Å². The highest BCUT2D eigenvalue weighted by atomic mass is 32.2. The summed E-state index contributed by atoms with van der Waals surface area (Å²) in [6.45, 7) is 5.31. The van der Waals surface area contributed by atoms with Gasteiger partial charge in [0.1, 0.15) is 6.61 Å². The van der Waals surface area contributed by atoms with E-state index in [0.717, 1.165) is 0 Å². The first-order chi connectivity index (χ1) is 9.86. The van der Waals surface area contributed by atoms with Crippen LogP contribution in [-0.4, -0.2) is 79.1 Å². The van der Waals surface area contributed by atoms with Crippen LogP contribution in [0.4, 0.5) is 4.79 Å². The van der Waals surface area contributed by atoms with Gasteiger partial charge < -0.3 is 9.64 Å². The first-order valence-corrected chi connectivity index (χ1v) is 8.71. The topological polar surface area (TPSA) is 70.2 Å². The Bertz CT molecular complexity index is 511. The predicted octanol–water partition coefficient (Wildman–Crippen LogP) is 0.174. The van der Waals surface area contributed by atoms with Crippen molar-refractivity contribution >= 4 is 28.9 Å². The van der Waals surface area contributed by atoms with Crippen LogP contribution in [0.2, 0.25) is 0 Å². The minimum absolute atomic E-state index is 0.0364. The zero-order valence-corrected chi connectivity index (χ0v) is 13.7. The van der Waals surface area contributed by atoms with E-state index in [0.29, 0.717) is 26.1 Å². The standard InChI is InChI=1S/C12H21N3O4S2/c1-3-6-19-12(16)15-9-11(20)7-10(15)8-14-5-4-13(2)21(14,17)18/h3,10-11,20H,1,4-9H2,2H3/t10-,11-/m0/s1. The van der Waals surface area contributed by atoms with Crippen molar-refractivity contribution in [2.45, 2.75) is 17.7 Å². The molecule has 0 aliphatic carbocycles. The van der Waals surface area contributed by atoms with Gasteiger partial charge in [-0.1, -0.05) is 12.7 Å². The maximum absolute atomic E-state index is 12.1. The van der Waals surface area contributed by atoms with Crippen molar-refractivity contribution in [3.63, 3.8) is 0 Å². The number of amides is 1. The Balaban J connectivity index is 2.03. The lowest BCUT2D eigenvalue weighted by Gasteiger charge is -2.27. The van der Waals surface area contributed by atoms with Gasteiger partial charge in [-0.25, -0.2) is 4.79 Å². The number of hydrogen-bond donors (Lipinski definition) is 1. The summed E-state index contributed by atoms with van der Waals surface area (Å²) in [5, 5.41) is 0.0364. The molecule has 0 bridgehead atoms. The molecule has 0 N–H and O–H groups in total. The minimum Gasteiger partial charge on any atom is -0.445 e. The number of ether oxygens (including phenoxy) is 1. The lowest BCUT2D eigenvalue weighted by molar-refractivity contribution is 0.104. The van der Waals surface area contributed by atoms with Gasteiger partial charge in [0.05, 0.1) is 6.04 Å². The number of likely N-dealkylation sites (tertiary alicyclic amines) is 1. The van der Waals surface area contributed by atoms with Crippen LogP contribution in [0.15, 0.2) is 12.7 Å². The maximum Gasteiger partial charge on any atom is 0.410 e. The van der Waals surface area contributed by atoms with E-state index in [-0.39, 0.29) is 24.4 Å². The van der Waals surface area contributed by atoms with Crippen LogP contribution in [0.25, 0.3) is 0 Å². The first-order valence-electron chi connectivity index (χ1n) is 6.80. The fourth-order valence-corrected chi connectivity index (χ4v) is 4.40. The predicted molar refractivity (Wildman–Crippen MR) is 82.6 cm³/mol. The summed E-state index contributed by atoms with van der Waals surface area (Å²) in [6, 6.07) is -0.203. The minimum atomic E-state index is -3.39. The van der Waals surface area contributed by atoms with E-state index in [1.807, 2.05) is 0 Å². The zero-order chi connectivity index (χ0) is 15.6. The molecule has 2 atom stereocenters. The smallest absolute Gasteiger partial charge is 0.410 e. The summed E-state index contributed by atoms with van der Waals surface area (Å²) < 4.78 is 32.0. The Labute approximate surface area is 131 Å². The molecule has 2 saturated heterocycles. The molecular weight excluding hydrogens is 314 g/mol. The molecule has 2 aliphatic rings. The van der Waals surface area contributed by atoms with Crippen molar-refractivity contribution < 1.29 is 17.9 Å². The third kappa shape index (κ3) is 3.53. The normalized spacial score (nSPS) is 29.7. The molecule has 0 radical (unpaired) electrons. The number of rotatable bonds is 4. The SMILES string of the molecule is C=CCOC(=O)N1C[C@@H](S)C[C@H]1CN1CCN(C)S1(=O)=O. The molecule has 120 valence electrons.